The lowest BCUT2D eigenvalue weighted by molar-refractivity contribution is 0.382. The molecular formula is C14H20FNO. The second-order valence-corrected chi connectivity index (χ2v) is 5.34. The minimum Gasteiger partial charge on any atom is -0.497 e. The van der Waals surface area contributed by atoms with E-state index in [1.54, 1.807) is 13.2 Å². The minimum atomic E-state index is -0.209. The van der Waals surface area contributed by atoms with E-state index in [1.807, 2.05) is 6.07 Å². The molecule has 3 heteroatoms. The van der Waals surface area contributed by atoms with Gasteiger partial charge in [0, 0.05) is 17.5 Å². The van der Waals surface area contributed by atoms with Gasteiger partial charge in [-0.05, 0) is 30.4 Å². The van der Waals surface area contributed by atoms with Gasteiger partial charge in [-0.3, -0.25) is 0 Å². The van der Waals surface area contributed by atoms with E-state index in [9.17, 15) is 4.39 Å². The van der Waals surface area contributed by atoms with Gasteiger partial charge in [-0.2, -0.15) is 0 Å². The molecule has 1 aromatic carbocycles. The Morgan fingerprint density at radius 2 is 2.00 bits per heavy atom. The second-order valence-electron chi connectivity index (χ2n) is 5.34. The Morgan fingerprint density at radius 3 is 2.41 bits per heavy atom. The second kappa shape index (κ2) is 4.30. The van der Waals surface area contributed by atoms with Crippen molar-refractivity contribution in [2.45, 2.75) is 38.1 Å². The molecular weight excluding hydrogens is 217 g/mol. The Kier molecular flexibility index (Phi) is 3.13. The SMILES string of the molecule is COc1ccc(C(C(C)C)C2(N)CC2)c(F)c1. The van der Waals surface area contributed by atoms with E-state index in [0.29, 0.717) is 11.7 Å². The van der Waals surface area contributed by atoms with Crippen LogP contribution in [0.4, 0.5) is 4.39 Å². The summed E-state index contributed by atoms with van der Waals surface area (Å²) in [4.78, 5) is 0. The van der Waals surface area contributed by atoms with Crippen molar-refractivity contribution >= 4 is 0 Å². The molecule has 0 amide bonds. The van der Waals surface area contributed by atoms with E-state index in [4.69, 9.17) is 10.5 Å². The van der Waals surface area contributed by atoms with Crippen LogP contribution < -0.4 is 10.5 Å². The van der Waals surface area contributed by atoms with E-state index in [0.717, 1.165) is 18.4 Å². The maximum Gasteiger partial charge on any atom is 0.130 e. The van der Waals surface area contributed by atoms with Crippen molar-refractivity contribution in [1.82, 2.24) is 0 Å². The van der Waals surface area contributed by atoms with Gasteiger partial charge in [0.15, 0.2) is 0 Å². The summed E-state index contributed by atoms with van der Waals surface area (Å²) in [6.07, 6.45) is 1.97. The first-order valence-corrected chi connectivity index (χ1v) is 6.10. The van der Waals surface area contributed by atoms with Crippen molar-refractivity contribution < 1.29 is 9.13 Å². The molecule has 0 aliphatic heterocycles. The third-order valence-corrected chi connectivity index (χ3v) is 3.66. The van der Waals surface area contributed by atoms with Gasteiger partial charge in [0.05, 0.1) is 7.11 Å². The summed E-state index contributed by atoms with van der Waals surface area (Å²) in [5.41, 5.74) is 6.78. The monoisotopic (exact) mass is 237 g/mol. The van der Waals surface area contributed by atoms with Crippen molar-refractivity contribution in [2.75, 3.05) is 7.11 Å². The minimum absolute atomic E-state index is 0.0911. The van der Waals surface area contributed by atoms with E-state index in [2.05, 4.69) is 13.8 Å². The fourth-order valence-electron chi connectivity index (χ4n) is 2.68. The Bertz CT molecular complexity index is 413. The molecule has 1 unspecified atom stereocenters. The molecule has 1 fully saturated rings. The third kappa shape index (κ3) is 2.29. The Hall–Kier alpha value is -1.09. The molecule has 1 atom stereocenters. The van der Waals surface area contributed by atoms with Crippen molar-refractivity contribution in [3.05, 3.63) is 29.6 Å². The fraction of sp³-hybridized carbons (Fsp3) is 0.571. The van der Waals surface area contributed by atoms with Crippen LogP contribution in [-0.2, 0) is 0 Å². The molecule has 0 heterocycles. The predicted molar refractivity (Wildman–Crippen MR) is 66.7 cm³/mol. The molecule has 0 aromatic heterocycles. The number of nitrogens with two attached hydrogens (primary N) is 1. The maximum absolute atomic E-state index is 14.1. The molecule has 94 valence electrons. The molecule has 0 radical (unpaired) electrons. The molecule has 0 spiro atoms. The number of hydrogen-bond donors (Lipinski definition) is 1. The number of halogens is 1. The van der Waals surface area contributed by atoms with Gasteiger partial charge in [0.1, 0.15) is 11.6 Å². The van der Waals surface area contributed by atoms with Gasteiger partial charge >= 0.3 is 0 Å². The van der Waals surface area contributed by atoms with E-state index in [-0.39, 0.29) is 17.3 Å². The van der Waals surface area contributed by atoms with Gasteiger partial charge in [0.2, 0.25) is 0 Å². The van der Waals surface area contributed by atoms with Crippen LogP contribution in [-0.4, -0.2) is 12.6 Å². The van der Waals surface area contributed by atoms with Gasteiger partial charge < -0.3 is 10.5 Å². The lowest BCUT2D eigenvalue weighted by Crippen LogP contribution is -2.34. The van der Waals surface area contributed by atoms with Crippen LogP contribution in [0.5, 0.6) is 5.75 Å². The van der Waals surface area contributed by atoms with Crippen LogP contribution >= 0.6 is 0 Å². The molecule has 0 bridgehead atoms. The first-order chi connectivity index (χ1) is 7.98. The van der Waals surface area contributed by atoms with Gasteiger partial charge in [-0.15, -0.1) is 0 Å². The van der Waals surface area contributed by atoms with Crippen LogP contribution in [0.15, 0.2) is 18.2 Å². The van der Waals surface area contributed by atoms with Crippen molar-refractivity contribution in [3.8, 4) is 5.75 Å². The van der Waals surface area contributed by atoms with Crippen molar-refractivity contribution in [1.29, 1.82) is 0 Å². The molecule has 17 heavy (non-hydrogen) atoms. The van der Waals surface area contributed by atoms with Gasteiger partial charge in [-0.25, -0.2) is 4.39 Å². The average molecular weight is 237 g/mol. The normalized spacial score (nSPS) is 19.2. The largest absolute Gasteiger partial charge is 0.497 e. The van der Waals surface area contributed by atoms with Crippen LogP contribution in [0.2, 0.25) is 0 Å². The number of benzene rings is 1. The summed E-state index contributed by atoms with van der Waals surface area (Å²) in [5.74, 6) is 0.772. The Labute approximate surface area is 102 Å². The third-order valence-electron chi connectivity index (χ3n) is 3.66. The summed E-state index contributed by atoms with van der Waals surface area (Å²) in [7, 11) is 1.54. The molecule has 1 aliphatic rings. The number of ether oxygens (including phenoxy) is 1. The first-order valence-electron chi connectivity index (χ1n) is 6.10. The van der Waals surface area contributed by atoms with Crippen LogP contribution in [0.3, 0.4) is 0 Å². The summed E-state index contributed by atoms with van der Waals surface area (Å²) >= 11 is 0. The molecule has 2 N–H and O–H groups in total. The molecule has 2 rings (SSSR count). The van der Waals surface area contributed by atoms with Gasteiger partial charge in [-0.1, -0.05) is 19.9 Å². The molecule has 1 aliphatic carbocycles. The highest BCUT2D eigenvalue weighted by molar-refractivity contribution is 5.35. The molecule has 2 nitrogen and oxygen atoms in total. The zero-order valence-electron chi connectivity index (χ0n) is 10.7. The highest BCUT2D eigenvalue weighted by Crippen LogP contribution is 2.49. The van der Waals surface area contributed by atoms with E-state index in [1.165, 1.54) is 6.07 Å². The lowest BCUT2D eigenvalue weighted by Gasteiger charge is -2.28. The molecule has 0 saturated heterocycles. The zero-order chi connectivity index (χ0) is 12.6. The predicted octanol–water partition coefficient (Wildman–Crippen LogP) is 3.07. The van der Waals surface area contributed by atoms with Crippen molar-refractivity contribution in [3.63, 3.8) is 0 Å². The summed E-state index contributed by atoms with van der Waals surface area (Å²) in [5, 5.41) is 0. The summed E-state index contributed by atoms with van der Waals surface area (Å²) in [6, 6.07) is 5.06. The Morgan fingerprint density at radius 1 is 1.35 bits per heavy atom. The Balaban J connectivity index is 2.37. The molecule has 1 saturated carbocycles. The van der Waals surface area contributed by atoms with Crippen LogP contribution in [0, 0.1) is 11.7 Å². The van der Waals surface area contributed by atoms with E-state index >= 15 is 0 Å². The quantitative estimate of drug-likeness (QED) is 0.873. The van der Waals surface area contributed by atoms with Crippen LogP contribution in [0.1, 0.15) is 38.2 Å². The van der Waals surface area contributed by atoms with Crippen molar-refractivity contribution in [2.24, 2.45) is 11.7 Å². The topological polar surface area (TPSA) is 35.2 Å². The summed E-state index contributed by atoms with van der Waals surface area (Å²) < 4.78 is 19.1. The maximum atomic E-state index is 14.1. The lowest BCUT2D eigenvalue weighted by atomic mass is 9.80. The van der Waals surface area contributed by atoms with Crippen LogP contribution in [0.25, 0.3) is 0 Å². The number of rotatable bonds is 4. The number of methoxy groups -OCH3 is 1. The smallest absolute Gasteiger partial charge is 0.130 e. The highest BCUT2D eigenvalue weighted by Gasteiger charge is 2.48. The fourth-order valence-corrected chi connectivity index (χ4v) is 2.68. The highest BCUT2D eigenvalue weighted by atomic mass is 19.1. The zero-order valence-corrected chi connectivity index (χ0v) is 10.7. The molecule has 1 aromatic rings. The first kappa shape index (κ1) is 12.4. The standard InChI is InChI=1S/C14H20FNO/c1-9(2)13(14(16)6-7-14)11-5-4-10(17-3)8-12(11)15/h4-5,8-9,13H,6-7,16H2,1-3H3. The number of hydrogen-bond acceptors (Lipinski definition) is 2. The average Bonchev–Trinajstić information content (AvgIpc) is 2.99. The summed E-state index contributed by atoms with van der Waals surface area (Å²) in [6.45, 7) is 4.20. The van der Waals surface area contributed by atoms with Gasteiger partial charge in [0.25, 0.3) is 0 Å². The van der Waals surface area contributed by atoms with E-state index < -0.39 is 0 Å².